The predicted octanol–water partition coefficient (Wildman–Crippen LogP) is 7.48. The molecule has 6 rings (SSSR count). The molecule has 5 heteroatoms. The number of hydrazone groups is 1. The molecule has 0 radical (unpaired) electrons. The van der Waals surface area contributed by atoms with Crippen LogP contribution in [0.2, 0.25) is 0 Å². The van der Waals surface area contributed by atoms with E-state index in [9.17, 15) is 0 Å². The lowest BCUT2D eigenvalue weighted by atomic mass is 10.1. The second-order valence-electron chi connectivity index (χ2n) is 8.82. The first-order valence-electron chi connectivity index (χ1n) is 12.2. The molecule has 0 unspecified atom stereocenters. The third-order valence-corrected chi connectivity index (χ3v) is 6.53. The standard InChI is InChI=1S/C31H27N5/c1-3-34-29-17-11-10-16-27(29)28-21-24(18-19-30(28)34)22-32-36(26-14-8-5-9-15-26)31-20-23(2)35(33-31)25-12-6-4-7-13-25/h4-22H,3H2,1-2H3. The van der Waals surface area contributed by atoms with Gasteiger partial charge in [-0.1, -0.05) is 60.7 Å². The molecule has 0 fully saturated rings. The third-order valence-electron chi connectivity index (χ3n) is 6.53. The van der Waals surface area contributed by atoms with Crippen molar-refractivity contribution in [3.63, 3.8) is 0 Å². The smallest absolute Gasteiger partial charge is 0.176 e. The van der Waals surface area contributed by atoms with E-state index in [4.69, 9.17) is 10.2 Å². The zero-order valence-electron chi connectivity index (χ0n) is 20.4. The van der Waals surface area contributed by atoms with E-state index in [1.807, 2.05) is 64.4 Å². The van der Waals surface area contributed by atoms with Gasteiger partial charge < -0.3 is 4.57 Å². The Labute approximate surface area is 210 Å². The Morgan fingerprint density at radius 1 is 0.778 bits per heavy atom. The van der Waals surface area contributed by atoms with E-state index in [0.717, 1.165) is 35.0 Å². The molecule has 2 aromatic heterocycles. The molecule has 0 amide bonds. The normalized spacial score (nSPS) is 11.6. The van der Waals surface area contributed by atoms with Gasteiger partial charge in [0.25, 0.3) is 0 Å². The summed E-state index contributed by atoms with van der Waals surface area (Å²) in [6.07, 6.45) is 1.92. The molecule has 0 saturated carbocycles. The minimum absolute atomic E-state index is 0.766. The van der Waals surface area contributed by atoms with Gasteiger partial charge in [-0.3, -0.25) is 0 Å². The van der Waals surface area contributed by atoms with E-state index >= 15 is 0 Å². The van der Waals surface area contributed by atoms with Crippen LogP contribution in [-0.2, 0) is 6.54 Å². The van der Waals surface area contributed by atoms with E-state index in [0.29, 0.717) is 0 Å². The molecule has 0 N–H and O–H groups in total. The Morgan fingerprint density at radius 2 is 1.47 bits per heavy atom. The van der Waals surface area contributed by atoms with Crippen LogP contribution in [0.3, 0.4) is 0 Å². The summed E-state index contributed by atoms with van der Waals surface area (Å²) in [7, 11) is 0. The highest BCUT2D eigenvalue weighted by Gasteiger charge is 2.15. The fourth-order valence-corrected chi connectivity index (χ4v) is 4.84. The quantitative estimate of drug-likeness (QED) is 0.187. The monoisotopic (exact) mass is 469 g/mol. The number of aromatic nitrogens is 3. The van der Waals surface area contributed by atoms with Crippen LogP contribution in [0.25, 0.3) is 27.5 Å². The number of anilines is 2. The van der Waals surface area contributed by atoms with Crippen molar-refractivity contribution in [3.8, 4) is 5.69 Å². The van der Waals surface area contributed by atoms with Crippen LogP contribution in [-0.4, -0.2) is 20.6 Å². The molecule has 0 aliphatic carbocycles. The summed E-state index contributed by atoms with van der Waals surface area (Å²) < 4.78 is 4.31. The predicted molar refractivity (Wildman–Crippen MR) is 150 cm³/mol. The van der Waals surface area contributed by atoms with Crippen LogP contribution in [0, 0.1) is 6.92 Å². The molecule has 0 saturated heterocycles. The second-order valence-corrected chi connectivity index (χ2v) is 8.82. The number of fused-ring (bicyclic) bond motifs is 3. The van der Waals surface area contributed by atoms with Crippen molar-refractivity contribution in [2.24, 2.45) is 5.10 Å². The summed E-state index contributed by atoms with van der Waals surface area (Å²) in [5.41, 5.74) is 6.57. The van der Waals surface area contributed by atoms with Crippen molar-refractivity contribution < 1.29 is 0 Å². The third kappa shape index (κ3) is 3.85. The SMILES string of the molecule is CCn1c2ccccc2c2cc(C=NN(c3ccccc3)c3cc(C)n(-c4ccccc4)n3)ccc21. The lowest BCUT2D eigenvalue weighted by Gasteiger charge is -2.16. The van der Waals surface area contributed by atoms with E-state index in [2.05, 4.69) is 79.1 Å². The van der Waals surface area contributed by atoms with Crippen molar-refractivity contribution in [3.05, 3.63) is 120 Å². The molecular weight excluding hydrogens is 442 g/mol. The van der Waals surface area contributed by atoms with Crippen LogP contribution in [0.1, 0.15) is 18.2 Å². The average molecular weight is 470 g/mol. The molecule has 6 aromatic rings. The van der Waals surface area contributed by atoms with Crippen LogP contribution in [0.4, 0.5) is 11.5 Å². The summed E-state index contributed by atoms with van der Waals surface area (Å²) >= 11 is 0. The second kappa shape index (κ2) is 9.19. The maximum absolute atomic E-state index is 4.92. The highest BCUT2D eigenvalue weighted by atomic mass is 15.5. The first-order chi connectivity index (χ1) is 17.7. The molecule has 176 valence electrons. The van der Waals surface area contributed by atoms with E-state index < -0.39 is 0 Å². The zero-order valence-corrected chi connectivity index (χ0v) is 20.4. The van der Waals surface area contributed by atoms with Crippen molar-refractivity contribution >= 4 is 39.5 Å². The Morgan fingerprint density at radius 3 is 2.25 bits per heavy atom. The Kier molecular flexibility index (Phi) is 5.58. The zero-order chi connectivity index (χ0) is 24.5. The van der Waals surface area contributed by atoms with Gasteiger partial charge in [0.2, 0.25) is 0 Å². The van der Waals surface area contributed by atoms with Crippen molar-refractivity contribution in [2.75, 3.05) is 5.01 Å². The molecule has 0 aliphatic heterocycles. The Balaban J connectivity index is 1.42. The van der Waals surface area contributed by atoms with E-state index in [1.54, 1.807) is 0 Å². The Bertz CT molecular complexity index is 1680. The first-order valence-corrected chi connectivity index (χ1v) is 12.2. The van der Waals surface area contributed by atoms with Crippen molar-refractivity contribution in [1.29, 1.82) is 0 Å². The lowest BCUT2D eigenvalue weighted by Crippen LogP contribution is -2.10. The largest absolute Gasteiger partial charge is 0.341 e. The van der Waals surface area contributed by atoms with E-state index in [-0.39, 0.29) is 0 Å². The van der Waals surface area contributed by atoms with Gasteiger partial charge in [-0.2, -0.15) is 5.10 Å². The summed E-state index contributed by atoms with van der Waals surface area (Å²) in [6.45, 7) is 5.19. The number of benzene rings is 4. The van der Waals surface area contributed by atoms with Crippen LogP contribution < -0.4 is 5.01 Å². The van der Waals surface area contributed by atoms with E-state index in [1.165, 1.54) is 21.8 Å². The highest BCUT2D eigenvalue weighted by molar-refractivity contribution is 6.09. The number of hydrogen-bond donors (Lipinski definition) is 0. The molecule has 4 aromatic carbocycles. The maximum Gasteiger partial charge on any atom is 0.176 e. The maximum atomic E-state index is 4.92. The van der Waals surface area contributed by atoms with Gasteiger partial charge >= 0.3 is 0 Å². The minimum Gasteiger partial charge on any atom is -0.341 e. The van der Waals surface area contributed by atoms with Gasteiger partial charge in [-0.25, -0.2) is 9.69 Å². The number of para-hydroxylation sites is 3. The van der Waals surface area contributed by atoms with Gasteiger partial charge in [-0.05, 0) is 61.9 Å². The number of rotatable bonds is 6. The van der Waals surface area contributed by atoms with Crippen LogP contribution in [0.15, 0.2) is 114 Å². The molecule has 0 bridgehead atoms. The van der Waals surface area contributed by atoms with Gasteiger partial charge in [-0.15, -0.1) is 5.10 Å². The molecule has 0 aliphatic rings. The average Bonchev–Trinajstić information content (AvgIpc) is 3.47. The molecule has 36 heavy (non-hydrogen) atoms. The van der Waals surface area contributed by atoms with Crippen molar-refractivity contribution in [1.82, 2.24) is 14.3 Å². The van der Waals surface area contributed by atoms with Crippen molar-refractivity contribution in [2.45, 2.75) is 20.4 Å². The van der Waals surface area contributed by atoms with Gasteiger partial charge in [0.1, 0.15) is 0 Å². The fraction of sp³-hybridized carbons (Fsp3) is 0.0968. The molecule has 2 heterocycles. The summed E-state index contributed by atoms with van der Waals surface area (Å²) in [5.74, 6) is 0.766. The molecule has 0 atom stereocenters. The van der Waals surface area contributed by atoms with Crippen LogP contribution in [0.5, 0.6) is 0 Å². The number of nitrogens with zero attached hydrogens (tertiary/aromatic N) is 5. The lowest BCUT2D eigenvalue weighted by molar-refractivity contribution is 0.827. The highest BCUT2D eigenvalue weighted by Crippen LogP contribution is 2.30. The fourth-order valence-electron chi connectivity index (χ4n) is 4.84. The molecule has 5 nitrogen and oxygen atoms in total. The van der Waals surface area contributed by atoms with Gasteiger partial charge in [0.15, 0.2) is 5.82 Å². The number of aryl methyl sites for hydroxylation is 2. The number of hydrogen-bond acceptors (Lipinski definition) is 3. The summed E-state index contributed by atoms with van der Waals surface area (Å²) in [6, 6.07) is 37.5. The minimum atomic E-state index is 0.766. The topological polar surface area (TPSA) is 38.4 Å². The summed E-state index contributed by atoms with van der Waals surface area (Å²) in [4.78, 5) is 0. The van der Waals surface area contributed by atoms with Crippen LogP contribution >= 0.6 is 0 Å². The summed E-state index contributed by atoms with van der Waals surface area (Å²) in [5, 5.41) is 14.2. The van der Waals surface area contributed by atoms with Gasteiger partial charge in [0.05, 0.1) is 17.6 Å². The first kappa shape index (κ1) is 21.9. The van der Waals surface area contributed by atoms with Gasteiger partial charge in [0, 0.05) is 40.1 Å². The molecule has 0 spiro atoms. The Hall–Kier alpha value is -4.64. The molecular formula is C31H27N5.